The molecule has 3 aliphatic heterocycles. The van der Waals surface area contributed by atoms with Gasteiger partial charge in [0.2, 0.25) is 0 Å². The van der Waals surface area contributed by atoms with Crippen molar-refractivity contribution in [3.63, 3.8) is 0 Å². The Morgan fingerprint density at radius 1 is 1.33 bits per heavy atom. The molecule has 0 amide bonds. The molecule has 3 heterocycles. The van der Waals surface area contributed by atoms with E-state index in [-0.39, 0.29) is 11.9 Å². The number of piperidine rings is 3. The minimum Gasteiger partial charge on any atom is -0.486 e. The van der Waals surface area contributed by atoms with Crippen LogP contribution in [0.4, 0.5) is 4.39 Å². The van der Waals surface area contributed by atoms with Crippen LogP contribution in [0.15, 0.2) is 18.2 Å². The van der Waals surface area contributed by atoms with Gasteiger partial charge in [-0.3, -0.25) is 4.90 Å². The lowest BCUT2D eigenvalue weighted by molar-refractivity contribution is -0.00949. The minimum absolute atomic E-state index is 0.0925. The predicted octanol–water partition coefficient (Wildman–Crippen LogP) is 2.17. The van der Waals surface area contributed by atoms with Crippen LogP contribution in [0.25, 0.3) is 0 Å². The van der Waals surface area contributed by atoms with Gasteiger partial charge in [-0.2, -0.15) is 5.26 Å². The van der Waals surface area contributed by atoms with E-state index in [0.29, 0.717) is 11.5 Å². The van der Waals surface area contributed by atoms with E-state index in [9.17, 15) is 4.39 Å². The largest absolute Gasteiger partial charge is 0.486 e. The number of halogens is 1. The monoisotopic (exact) mass is 246 g/mol. The summed E-state index contributed by atoms with van der Waals surface area (Å²) in [6.07, 6.45) is 2.38. The summed E-state index contributed by atoms with van der Waals surface area (Å²) >= 11 is 0. The molecular formula is C14H15FN2O. The first-order valence-corrected chi connectivity index (χ1v) is 6.35. The fourth-order valence-electron chi connectivity index (χ4n) is 2.87. The highest BCUT2D eigenvalue weighted by Gasteiger charge is 2.35. The first-order chi connectivity index (χ1) is 8.76. The van der Waals surface area contributed by atoms with Crippen LogP contribution >= 0.6 is 0 Å². The third-order valence-corrected chi connectivity index (χ3v) is 3.94. The fraction of sp³-hybridized carbons (Fsp3) is 0.500. The SMILES string of the molecule is N#Cc1ccc(OC2CN3CCC2CC3)c(F)c1. The average Bonchev–Trinajstić information content (AvgIpc) is 2.42. The Bertz CT molecular complexity index is 489. The van der Waals surface area contributed by atoms with Gasteiger partial charge in [0.05, 0.1) is 11.6 Å². The quantitative estimate of drug-likeness (QED) is 0.802. The first kappa shape index (κ1) is 11.5. The van der Waals surface area contributed by atoms with Gasteiger partial charge in [0.25, 0.3) is 0 Å². The van der Waals surface area contributed by atoms with Gasteiger partial charge in [0.15, 0.2) is 11.6 Å². The Balaban J connectivity index is 1.75. The molecule has 3 aliphatic rings. The van der Waals surface area contributed by atoms with Crippen molar-refractivity contribution >= 4 is 0 Å². The van der Waals surface area contributed by atoms with E-state index >= 15 is 0 Å². The topological polar surface area (TPSA) is 36.3 Å². The molecule has 0 aliphatic carbocycles. The Kier molecular flexibility index (Phi) is 2.92. The number of ether oxygens (including phenoxy) is 1. The van der Waals surface area contributed by atoms with Gasteiger partial charge in [-0.15, -0.1) is 0 Å². The Labute approximate surface area is 106 Å². The summed E-state index contributed by atoms with van der Waals surface area (Å²) < 4.78 is 19.5. The normalized spacial score (nSPS) is 29.9. The number of benzene rings is 1. The van der Waals surface area contributed by atoms with Crippen LogP contribution in [-0.2, 0) is 0 Å². The molecular weight excluding hydrogens is 231 g/mol. The van der Waals surface area contributed by atoms with Crippen molar-refractivity contribution in [1.29, 1.82) is 5.26 Å². The molecule has 0 radical (unpaired) electrons. The smallest absolute Gasteiger partial charge is 0.166 e. The van der Waals surface area contributed by atoms with Gasteiger partial charge < -0.3 is 4.74 Å². The summed E-state index contributed by atoms with van der Waals surface area (Å²) in [6, 6.07) is 6.31. The summed E-state index contributed by atoms with van der Waals surface area (Å²) in [7, 11) is 0. The lowest BCUT2D eigenvalue weighted by Crippen LogP contribution is -2.52. The molecule has 3 saturated heterocycles. The molecule has 1 aromatic rings. The zero-order valence-electron chi connectivity index (χ0n) is 10.1. The standard InChI is InChI=1S/C14H15FN2O/c15-12-7-10(8-16)1-2-13(12)18-14-9-17-5-3-11(14)4-6-17/h1-2,7,11,14H,3-6,9H2. The summed E-state index contributed by atoms with van der Waals surface area (Å²) in [5, 5.41) is 8.70. The maximum absolute atomic E-state index is 13.7. The summed E-state index contributed by atoms with van der Waals surface area (Å²) in [6.45, 7) is 3.17. The zero-order valence-corrected chi connectivity index (χ0v) is 10.1. The molecule has 0 aromatic heterocycles. The number of rotatable bonds is 2. The second kappa shape index (κ2) is 4.58. The zero-order chi connectivity index (χ0) is 12.5. The fourth-order valence-corrected chi connectivity index (χ4v) is 2.87. The maximum Gasteiger partial charge on any atom is 0.166 e. The van der Waals surface area contributed by atoms with Gasteiger partial charge in [-0.05, 0) is 50.0 Å². The number of hydrogen-bond donors (Lipinski definition) is 0. The van der Waals surface area contributed by atoms with E-state index in [1.807, 2.05) is 6.07 Å². The minimum atomic E-state index is -0.439. The van der Waals surface area contributed by atoms with Crippen LogP contribution in [0, 0.1) is 23.1 Å². The van der Waals surface area contributed by atoms with E-state index in [4.69, 9.17) is 10.00 Å². The van der Waals surface area contributed by atoms with E-state index in [1.165, 1.54) is 6.07 Å². The molecule has 18 heavy (non-hydrogen) atoms. The van der Waals surface area contributed by atoms with Crippen molar-refractivity contribution in [3.05, 3.63) is 29.6 Å². The second-order valence-electron chi connectivity index (χ2n) is 5.05. The molecule has 0 saturated carbocycles. The van der Waals surface area contributed by atoms with Gasteiger partial charge in [0.1, 0.15) is 6.10 Å². The van der Waals surface area contributed by atoms with Gasteiger partial charge >= 0.3 is 0 Å². The lowest BCUT2D eigenvalue weighted by atomic mass is 9.86. The van der Waals surface area contributed by atoms with Crippen molar-refractivity contribution in [1.82, 2.24) is 4.90 Å². The molecule has 0 spiro atoms. The second-order valence-corrected chi connectivity index (χ2v) is 5.05. The van der Waals surface area contributed by atoms with Gasteiger partial charge in [-0.25, -0.2) is 4.39 Å². The molecule has 0 N–H and O–H groups in total. The van der Waals surface area contributed by atoms with Crippen molar-refractivity contribution in [2.75, 3.05) is 19.6 Å². The van der Waals surface area contributed by atoms with Crippen molar-refractivity contribution in [2.45, 2.75) is 18.9 Å². The highest BCUT2D eigenvalue weighted by molar-refractivity contribution is 5.36. The van der Waals surface area contributed by atoms with Crippen LogP contribution in [0.3, 0.4) is 0 Å². The third kappa shape index (κ3) is 2.06. The Hall–Kier alpha value is -1.60. The van der Waals surface area contributed by atoms with Crippen LogP contribution in [-0.4, -0.2) is 30.6 Å². The molecule has 1 aromatic carbocycles. The van der Waals surface area contributed by atoms with Crippen LogP contribution in [0.5, 0.6) is 5.75 Å². The molecule has 94 valence electrons. The summed E-state index contributed by atoms with van der Waals surface area (Å²) in [5.74, 6) is 0.378. The van der Waals surface area contributed by atoms with Crippen molar-refractivity contribution in [3.8, 4) is 11.8 Å². The summed E-state index contributed by atoms with van der Waals surface area (Å²) in [5.41, 5.74) is 0.328. The molecule has 3 nitrogen and oxygen atoms in total. The molecule has 1 atom stereocenters. The number of hydrogen-bond acceptors (Lipinski definition) is 3. The van der Waals surface area contributed by atoms with E-state index < -0.39 is 5.82 Å². The van der Waals surface area contributed by atoms with Crippen molar-refractivity contribution in [2.24, 2.45) is 5.92 Å². The number of nitriles is 1. The Morgan fingerprint density at radius 3 is 2.67 bits per heavy atom. The number of nitrogens with zero attached hydrogens (tertiary/aromatic N) is 2. The van der Waals surface area contributed by atoms with Crippen LogP contribution in [0.2, 0.25) is 0 Å². The first-order valence-electron chi connectivity index (χ1n) is 6.35. The van der Waals surface area contributed by atoms with Gasteiger partial charge in [0, 0.05) is 6.54 Å². The molecule has 2 bridgehead atoms. The van der Waals surface area contributed by atoms with E-state index in [2.05, 4.69) is 4.90 Å². The highest BCUT2D eigenvalue weighted by atomic mass is 19.1. The summed E-state index contributed by atoms with van der Waals surface area (Å²) in [4.78, 5) is 2.37. The highest BCUT2D eigenvalue weighted by Crippen LogP contribution is 2.31. The molecule has 1 unspecified atom stereocenters. The molecule has 4 rings (SSSR count). The maximum atomic E-state index is 13.7. The van der Waals surface area contributed by atoms with E-state index in [1.54, 1.807) is 12.1 Å². The molecule has 3 fully saturated rings. The van der Waals surface area contributed by atoms with E-state index in [0.717, 1.165) is 32.5 Å². The Morgan fingerprint density at radius 2 is 2.11 bits per heavy atom. The lowest BCUT2D eigenvalue weighted by Gasteiger charge is -2.44. The predicted molar refractivity (Wildman–Crippen MR) is 64.7 cm³/mol. The van der Waals surface area contributed by atoms with Crippen LogP contribution < -0.4 is 4.74 Å². The number of fused-ring (bicyclic) bond motifs is 3. The average molecular weight is 246 g/mol. The third-order valence-electron chi connectivity index (χ3n) is 3.94. The molecule has 4 heteroatoms. The van der Waals surface area contributed by atoms with Crippen molar-refractivity contribution < 1.29 is 9.13 Å². The van der Waals surface area contributed by atoms with Gasteiger partial charge in [-0.1, -0.05) is 0 Å². The van der Waals surface area contributed by atoms with Crippen LogP contribution in [0.1, 0.15) is 18.4 Å².